The molecule has 126 valence electrons. The van der Waals surface area contributed by atoms with Crippen LogP contribution in [0.3, 0.4) is 0 Å². The molecule has 0 unspecified atom stereocenters. The molecule has 0 aliphatic rings. The summed E-state index contributed by atoms with van der Waals surface area (Å²) in [5.74, 6) is -0.0487. The second-order valence-corrected chi connectivity index (χ2v) is 8.91. The summed E-state index contributed by atoms with van der Waals surface area (Å²) in [4.78, 5) is 13.4. The number of hydrogen-bond acceptors (Lipinski definition) is 3. The zero-order chi connectivity index (χ0) is 17.8. The normalized spacial score (nSPS) is 15.6. The summed E-state index contributed by atoms with van der Waals surface area (Å²) in [5, 5.41) is 11.9. The van der Waals surface area contributed by atoms with Crippen LogP contribution in [-0.2, 0) is 10.2 Å². The number of hydrogen-bond donors (Lipinski definition) is 1. The Kier molecular flexibility index (Phi) is 6.30. The Morgan fingerprint density at radius 2 is 1.65 bits per heavy atom. The highest BCUT2D eigenvalue weighted by Crippen LogP contribution is 2.28. The number of amides is 1. The lowest BCUT2D eigenvalue weighted by atomic mass is 9.87. The number of nitriles is 1. The van der Waals surface area contributed by atoms with Gasteiger partial charge in [0.05, 0.1) is 11.3 Å². The van der Waals surface area contributed by atoms with E-state index in [4.69, 9.17) is 0 Å². The van der Waals surface area contributed by atoms with Crippen LogP contribution in [0.4, 0.5) is 0 Å². The molecule has 0 aromatic heterocycles. The summed E-state index contributed by atoms with van der Waals surface area (Å²) in [6, 6.07) is 10.5. The fraction of sp³-hybridized carbons (Fsp3) is 0.579. The third kappa shape index (κ3) is 5.28. The van der Waals surface area contributed by atoms with E-state index in [0.717, 1.165) is 4.90 Å². The molecule has 0 fully saturated rings. The molecular weight excluding hydrogens is 304 g/mol. The van der Waals surface area contributed by atoms with E-state index >= 15 is 0 Å². The summed E-state index contributed by atoms with van der Waals surface area (Å²) >= 11 is 1.51. The van der Waals surface area contributed by atoms with Crippen molar-refractivity contribution in [2.75, 3.05) is 0 Å². The molecule has 23 heavy (non-hydrogen) atoms. The van der Waals surface area contributed by atoms with E-state index in [1.165, 1.54) is 17.3 Å². The van der Waals surface area contributed by atoms with Gasteiger partial charge in [-0.2, -0.15) is 5.26 Å². The van der Waals surface area contributed by atoms with Crippen LogP contribution in [-0.4, -0.2) is 16.7 Å². The SMILES string of the molecule is CC(C)[C@](C)(C#N)NC(=O)[C@H](C)Sc1ccc(C(C)(C)C)cc1. The molecule has 1 rings (SSSR count). The van der Waals surface area contributed by atoms with Crippen LogP contribution < -0.4 is 5.32 Å². The van der Waals surface area contributed by atoms with E-state index in [2.05, 4.69) is 56.4 Å². The lowest BCUT2D eigenvalue weighted by molar-refractivity contribution is -0.121. The van der Waals surface area contributed by atoms with Gasteiger partial charge < -0.3 is 5.32 Å². The van der Waals surface area contributed by atoms with Crippen LogP contribution in [0.15, 0.2) is 29.2 Å². The Hall–Kier alpha value is -1.47. The summed E-state index contributed by atoms with van der Waals surface area (Å²) < 4.78 is 0. The first-order chi connectivity index (χ1) is 10.5. The van der Waals surface area contributed by atoms with Gasteiger partial charge in [0.25, 0.3) is 0 Å². The molecule has 0 heterocycles. The maximum atomic E-state index is 12.4. The second-order valence-electron chi connectivity index (χ2n) is 7.49. The predicted molar refractivity (Wildman–Crippen MR) is 97.5 cm³/mol. The monoisotopic (exact) mass is 332 g/mol. The quantitative estimate of drug-likeness (QED) is 0.807. The fourth-order valence-electron chi connectivity index (χ4n) is 1.95. The highest BCUT2D eigenvalue weighted by molar-refractivity contribution is 8.00. The van der Waals surface area contributed by atoms with E-state index < -0.39 is 5.54 Å². The van der Waals surface area contributed by atoms with Crippen LogP contribution in [0.25, 0.3) is 0 Å². The van der Waals surface area contributed by atoms with Crippen molar-refractivity contribution < 1.29 is 4.79 Å². The molecule has 0 aliphatic heterocycles. The number of carbonyl (C=O) groups excluding carboxylic acids is 1. The molecule has 0 spiro atoms. The van der Waals surface area contributed by atoms with Crippen molar-refractivity contribution in [1.29, 1.82) is 5.26 Å². The minimum absolute atomic E-state index is 0.0553. The molecule has 1 aromatic rings. The van der Waals surface area contributed by atoms with Gasteiger partial charge in [-0.1, -0.05) is 46.8 Å². The average Bonchev–Trinajstić information content (AvgIpc) is 2.46. The molecule has 0 saturated carbocycles. The molecule has 2 atom stereocenters. The number of thioether (sulfide) groups is 1. The minimum atomic E-state index is -0.831. The molecule has 0 radical (unpaired) electrons. The maximum Gasteiger partial charge on any atom is 0.234 e. The number of nitrogens with zero attached hydrogens (tertiary/aromatic N) is 1. The molecule has 1 aromatic carbocycles. The zero-order valence-electron chi connectivity index (χ0n) is 15.2. The Morgan fingerprint density at radius 1 is 1.13 bits per heavy atom. The molecule has 1 amide bonds. The number of carbonyl (C=O) groups is 1. The van der Waals surface area contributed by atoms with Gasteiger partial charge in [-0.25, -0.2) is 0 Å². The van der Waals surface area contributed by atoms with Gasteiger partial charge in [-0.3, -0.25) is 4.79 Å². The number of rotatable bonds is 5. The largest absolute Gasteiger partial charge is 0.337 e. The van der Waals surface area contributed by atoms with Crippen molar-refractivity contribution in [3.05, 3.63) is 29.8 Å². The first kappa shape index (κ1) is 19.6. The molecule has 4 heteroatoms. The van der Waals surface area contributed by atoms with Gasteiger partial charge in [-0.15, -0.1) is 11.8 Å². The highest BCUT2D eigenvalue weighted by Gasteiger charge is 2.31. The van der Waals surface area contributed by atoms with Crippen LogP contribution in [0.2, 0.25) is 0 Å². The fourth-order valence-corrected chi connectivity index (χ4v) is 2.82. The molecule has 1 N–H and O–H groups in total. The van der Waals surface area contributed by atoms with Crippen molar-refractivity contribution in [3.63, 3.8) is 0 Å². The van der Waals surface area contributed by atoms with Gasteiger partial charge >= 0.3 is 0 Å². The smallest absolute Gasteiger partial charge is 0.234 e. The minimum Gasteiger partial charge on any atom is -0.337 e. The lowest BCUT2D eigenvalue weighted by Crippen LogP contribution is -2.51. The Morgan fingerprint density at radius 3 is 2.04 bits per heavy atom. The summed E-state index contributed by atoms with van der Waals surface area (Å²) in [5.41, 5.74) is 0.566. The van der Waals surface area contributed by atoms with Crippen molar-refractivity contribution in [1.82, 2.24) is 5.32 Å². The highest BCUT2D eigenvalue weighted by atomic mass is 32.2. The molecule has 0 aliphatic carbocycles. The summed E-state index contributed by atoms with van der Waals surface area (Å²) in [6.07, 6.45) is 0. The topological polar surface area (TPSA) is 52.9 Å². The average molecular weight is 333 g/mol. The van der Waals surface area contributed by atoms with Gasteiger partial charge in [0.15, 0.2) is 0 Å². The van der Waals surface area contributed by atoms with E-state index in [9.17, 15) is 10.1 Å². The van der Waals surface area contributed by atoms with E-state index in [0.29, 0.717) is 0 Å². The first-order valence-corrected chi connectivity index (χ1v) is 8.88. The van der Waals surface area contributed by atoms with Crippen LogP contribution in [0, 0.1) is 17.2 Å². The zero-order valence-corrected chi connectivity index (χ0v) is 16.0. The number of benzene rings is 1. The van der Waals surface area contributed by atoms with Crippen molar-refractivity contribution >= 4 is 17.7 Å². The van der Waals surface area contributed by atoms with E-state index in [1.807, 2.05) is 20.8 Å². The van der Waals surface area contributed by atoms with Crippen molar-refractivity contribution in [2.45, 2.75) is 69.6 Å². The van der Waals surface area contributed by atoms with Crippen LogP contribution >= 0.6 is 11.8 Å². The standard InChI is InChI=1S/C19H28N2OS/c1-13(2)19(7,12-20)21-17(22)14(3)23-16-10-8-15(9-11-16)18(4,5)6/h8-11,13-14H,1-7H3,(H,21,22)/t14-,19-/m0/s1. The first-order valence-electron chi connectivity index (χ1n) is 8.00. The van der Waals surface area contributed by atoms with E-state index in [1.54, 1.807) is 6.92 Å². The Bertz CT molecular complexity index is 581. The molecule has 0 bridgehead atoms. The van der Waals surface area contributed by atoms with Crippen LogP contribution in [0.5, 0.6) is 0 Å². The summed E-state index contributed by atoms with van der Waals surface area (Å²) in [6.45, 7) is 14.1. The lowest BCUT2D eigenvalue weighted by Gasteiger charge is -2.28. The third-order valence-corrected chi connectivity index (χ3v) is 5.28. The van der Waals surface area contributed by atoms with Gasteiger partial charge in [-0.05, 0) is 42.9 Å². The third-order valence-electron chi connectivity index (χ3n) is 4.17. The maximum absolute atomic E-state index is 12.4. The summed E-state index contributed by atoms with van der Waals surface area (Å²) in [7, 11) is 0. The van der Waals surface area contributed by atoms with Crippen molar-refractivity contribution in [3.8, 4) is 6.07 Å². The van der Waals surface area contributed by atoms with E-state index in [-0.39, 0.29) is 22.5 Å². The molecule has 0 saturated heterocycles. The number of nitrogens with one attached hydrogen (secondary N) is 1. The van der Waals surface area contributed by atoms with Crippen molar-refractivity contribution in [2.24, 2.45) is 5.92 Å². The predicted octanol–water partition coefficient (Wildman–Crippen LogP) is 4.52. The van der Waals surface area contributed by atoms with Gasteiger partial charge in [0.1, 0.15) is 5.54 Å². The Balaban J connectivity index is 2.74. The Labute approximate surface area is 144 Å². The van der Waals surface area contributed by atoms with Gasteiger partial charge in [0, 0.05) is 4.90 Å². The van der Waals surface area contributed by atoms with Gasteiger partial charge in [0.2, 0.25) is 5.91 Å². The van der Waals surface area contributed by atoms with Crippen LogP contribution in [0.1, 0.15) is 54.0 Å². The molecule has 3 nitrogen and oxygen atoms in total. The molecular formula is C19H28N2OS. The second kappa shape index (κ2) is 7.40.